The molecule has 7 heteroatoms. The van der Waals surface area contributed by atoms with Crippen molar-refractivity contribution in [1.82, 2.24) is 4.31 Å². The Kier molecular flexibility index (Phi) is 5.06. The topological polar surface area (TPSA) is 72.9 Å². The quantitative estimate of drug-likeness (QED) is 0.735. The van der Waals surface area contributed by atoms with Gasteiger partial charge in [-0.05, 0) is 23.3 Å². The van der Waals surface area contributed by atoms with Gasteiger partial charge in [-0.2, -0.15) is 4.31 Å². The third-order valence-corrected chi connectivity index (χ3v) is 5.69. The first-order valence-electron chi connectivity index (χ1n) is 7.85. The van der Waals surface area contributed by atoms with Crippen molar-refractivity contribution in [1.29, 1.82) is 0 Å². The Balaban J connectivity index is 1.54. The van der Waals surface area contributed by atoms with E-state index in [9.17, 15) is 13.2 Å². The highest BCUT2D eigenvalue weighted by molar-refractivity contribution is 7.89. The van der Waals surface area contributed by atoms with E-state index in [0.29, 0.717) is 5.75 Å². The Labute approximate surface area is 147 Å². The maximum Gasteiger partial charge on any atom is 0.322 e. The van der Waals surface area contributed by atoms with Crippen molar-refractivity contribution in [3.05, 3.63) is 54.6 Å². The Morgan fingerprint density at radius 3 is 2.24 bits per heavy atom. The van der Waals surface area contributed by atoms with Crippen LogP contribution in [0.3, 0.4) is 0 Å². The second-order valence-corrected chi connectivity index (χ2v) is 7.75. The lowest BCUT2D eigenvalue weighted by Gasteiger charge is -2.37. The lowest BCUT2D eigenvalue weighted by atomic mass is 10.1. The molecule has 0 atom stereocenters. The van der Waals surface area contributed by atoms with Gasteiger partial charge in [-0.25, -0.2) is 8.42 Å². The molecule has 132 valence electrons. The largest absolute Gasteiger partial charge is 0.488 e. The van der Waals surface area contributed by atoms with E-state index in [0.717, 1.165) is 11.1 Å². The fraction of sp³-hybridized carbons (Fsp3) is 0.278. The predicted molar refractivity (Wildman–Crippen MR) is 93.7 cm³/mol. The smallest absolute Gasteiger partial charge is 0.322 e. The van der Waals surface area contributed by atoms with Crippen molar-refractivity contribution < 1.29 is 22.7 Å². The van der Waals surface area contributed by atoms with E-state index in [1.165, 1.54) is 11.4 Å². The molecule has 0 saturated carbocycles. The standard InChI is InChI=1S/C18H19NO5S/c1-23-18(20)13-25(21,22)19-11-17(12-19)24-16-9-7-15(8-10-16)14-5-3-2-4-6-14/h2-10,17H,11-13H2,1H3. The van der Waals surface area contributed by atoms with Crippen LogP contribution >= 0.6 is 0 Å². The van der Waals surface area contributed by atoms with E-state index in [2.05, 4.69) is 4.74 Å². The summed E-state index contributed by atoms with van der Waals surface area (Å²) >= 11 is 0. The molecule has 0 bridgehead atoms. The average molecular weight is 361 g/mol. The number of carbonyl (C=O) groups excluding carboxylic acids is 1. The summed E-state index contributed by atoms with van der Waals surface area (Å²) in [6.07, 6.45) is -0.213. The first kappa shape index (κ1) is 17.4. The lowest BCUT2D eigenvalue weighted by molar-refractivity contribution is -0.137. The third kappa shape index (κ3) is 4.18. The molecule has 1 aliphatic heterocycles. The molecule has 1 fully saturated rings. The highest BCUT2D eigenvalue weighted by Gasteiger charge is 2.38. The van der Waals surface area contributed by atoms with Gasteiger partial charge in [-0.15, -0.1) is 0 Å². The molecule has 0 unspecified atom stereocenters. The number of carbonyl (C=O) groups is 1. The molecule has 3 rings (SSSR count). The molecule has 6 nitrogen and oxygen atoms in total. The number of hydrogen-bond donors (Lipinski definition) is 0. The first-order valence-corrected chi connectivity index (χ1v) is 9.45. The number of sulfonamides is 1. The van der Waals surface area contributed by atoms with Crippen molar-refractivity contribution in [2.75, 3.05) is 26.0 Å². The molecular weight excluding hydrogens is 342 g/mol. The molecule has 0 spiro atoms. The molecule has 0 amide bonds. The minimum atomic E-state index is -3.62. The summed E-state index contributed by atoms with van der Waals surface area (Å²) in [5.74, 6) is -0.710. The summed E-state index contributed by atoms with van der Waals surface area (Å²) in [7, 11) is -2.46. The third-order valence-electron chi connectivity index (χ3n) is 4.00. The van der Waals surface area contributed by atoms with Crippen molar-refractivity contribution in [2.45, 2.75) is 6.10 Å². The first-order chi connectivity index (χ1) is 12.0. The van der Waals surface area contributed by atoms with Crippen molar-refractivity contribution in [2.24, 2.45) is 0 Å². The highest BCUT2D eigenvalue weighted by Crippen LogP contribution is 2.25. The number of rotatable bonds is 6. The van der Waals surface area contributed by atoms with Crippen LogP contribution in [0, 0.1) is 0 Å². The summed E-state index contributed by atoms with van der Waals surface area (Å²) in [6.45, 7) is 0.472. The van der Waals surface area contributed by atoms with Crippen LogP contribution in [-0.4, -0.2) is 50.7 Å². The fourth-order valence-corrected chi connectivity index (χ4v) is 3.94. The molecule has 1 saturated heterocycles. The fourth-order valence-electron chi connectivity index (χ4n) is 2.55. The number of ether oxygens (including phenoxy) is 2. The molecule has 0 aliphatic carbocycles. The number of hydrogen-bond acceptors (Lipinski definition) is 5. The van der Waals surface area contributed by atoms with Gasteiger partial charge in [0.25, 0.3) is 0 Å². The summed E-state index contributed by atoms with van der Waals surface area (Å²) in [5, 5.41) is 0. The van der Waals surface area contributed by atoms with Gasteiger partial charge >= 0.3 is 5.97 Å². The van der Waals surface area contributed by atoms with E-state index in [1.807, 2.05) is 54.6 Å². The summed E-state index contributed by atoms with van der Waals surface area (Å²) in [5.41, 5.74) is 2.21. The van der Waals surface area contributed by atoms with Crippen LogP contribution in [-0.2, 0) is 19.6 Å². The van der Waals surface area contributed by atoms with Crippen LogP contribution in [0.4, 0.5) is 0 Å². The molecule has 1 aliphatic rings. The molecule has 2 aromatic rings. The zero-order chi connectivity index (χ0) is 17.9. The highest BCUT2D eigenvalue weighted by atomic mass is 32.2. The van der Waals surface area contributed by atoms with Crippen LogP contribution in [0.1, 0.15) is 0 Å². The minimum Gasteiger partial charge on any atom is -0.488 e. The van der Waals surface area contributed by atoms with Gasteiger partial charge in [0.2, 0.25) is 10.0 Å². The van der Waals surface area contributed by atoms with Gasteiger partial charge in [0.1, 0.15) is 11.9 Å². The zero-order valence-corrected chi connectivity index (χ0v) is 14.6. The molecule has 0 radical (unpaired) electrons. The van der Waals surface area contributed by atoms with Gasteiger partial charge in [0, 0.05) is 0 Å². The summed E-state index contributed by atoms with van der Waals surface area (Å²) in [6, 6.07) is 17.7. The van der Waals surface area contributed by atoms with Gasteiger partial charge in [0.15, 0.2) is 5.75 Å². The van der Waals surface area contributed by atoms with E-state index in [-0.39, 0.29) is 19.2 Å². The Hall–Kier alpha value is -2.38. The monoisotopic (exact) mass is 361 g/mol. The van der Waals surface area contributed by atoms with Crippen LogP contribution in [0.5, 0.6) is 5.75 Å². The summed E-state index contributed by atoms with van der Waals surface area (Å²) in [4.78, 5) is 11.1. The molecule has 0 N–H and O–H groups in total. The molecule has 0 aromatic heterocycles. The number of benzene rings is 2. The van der Waals surface area contributed by atoms with Crippen LogP contribution in [0.2, 0.25) is 0 Å². The molecule has 25 heavy (non-hydrogen) atoms. The second kappa shape index (κ2) is 7.25. The molecular formula is C18H19NO5S. The maximum absolute atomic E-state index is 12.0. The van der Waals surface area contributed by atoms with Crippen LogP contribution in [0.15, 0.2) is 54.6 Å². The van der Waals surface area contributed by atoms with Crippen LogP contribution in [0.25, 0.3) is 11.1 Å². The SMILES string of the molecule is COC(=O)CS(=O)(=O)N1CC(Oc2ccc(-c3ccccc3)cc2)C1. The number of nitrogens with zero attached hydrogens (tertiary/aromatic N) is 1. The predicted octanol–water partition coefficient (Wildman–Crippen LogP) is 1.92. The van der Waals surface area contributed by atoms with Crippen molar-refractivity contribution in [3.8, 4) is 16.9 Å². The van der Waals surface area contributed by atoms with Crippen molar-refractivity contribution >= 4 is 16.0 Å². The van der Waals surface area contributed by atoms with Gasteiger partial charge in [-0.1, -0.05) is 42.5 Å². The van der Waals surface area contributed by atoms with Crippen molar-refractivity contribution in [3.63, 3.8) is 0 Å². The zero-order valence-electron chi connectivity index (χ0n) is 13.8. The van der Waals surface area contributed by atoms with E-state index in [4.69, 9.17) is 4.74 Å². The maximum atomic E-state index is 12.0. The summed E-state index contributed by atoms with van der Waals surface area (Å²) < 4.78 is 35.3. The van der Waals surface area contributed by atoms with E-state index >= 15 is 0 Å². The van der Waals surface area contributed by atoms with Gasteiger partial charge in [0.05, 0.1) is 20.2 Å². The number of esters is 1. The Morgan fingerprint density at radius 1 is 1.04 bits per heavy atom. The van der Waals surface area contributed by atoms with E-state index in [1.54, 1.807) is 0 Å². The van der Waals surface area contributed by atoms with E-state index < -0.39 is 21.7 Å². The van der Waals surface area contributed by atoms with Crippen LogP contribution < -0.4 is 4.74 Å². The second-order valence-electron chi connectivity index (χ2n) is 5.78. The molecule has 2 aromatic carbocycles. The van der Waals surface area contributed by atoms with Gasteiger partial charge < -0.3 is 9.47 Å². The molecule has 1 heterocycles. The Morgan fingerprint density at radius 2 is 1.64 bits per heavy atom. The van der Waals surface area contributed by atoms with Gasteiger partial charge in [-0.3, -0.25) is 4.79 Å². The normalized spacial score (nSPS) is 15.4. The Bertz CT molecular complexity index is 828. The average Bonchev–Trinajstić information content (AvgIpc) is 2.58. The number of methoxy groups -OCH3 is 1. The lowest BCUT2D eigenvalue weighted by Crippen LogP contribution is -2.57. The minimum absolute atomic E-state index is 0.213.